The molecule has 0 saturated heterocycles. The third kappa shape index (κ3) is 3.75. The van der Waals surface area contributed by atoms with Crippen LogP contribution in [0.2, 0.25) is 10.0 Å². The SMILES string of the molecule is CCNC(Cc1cnn(CC)c1)c1ccc(Cl)cc1Cl. The molecule has 0 radical (unpaired) electrons. The Morgan fingerprint density at radius 1 is 1.30 bits per heavy atom. The van der Waals surface area contributed by atoms with Crippen molar-refractivity contribution in [2.45, 2.75) is 32.9 Å². The Balaban J connectivity index is 2.21. The maximum Gasteiger partial charge on any atom is 0.0522 e. The molecule has 1 unspecified atom stereocenters. The van der Waals surface area contributed by atoms with E-state index in [0.717, 1.165) is 25.1 Å². The van der Waals surface area contributed by atoms with E-state index in [9.17, 15) is 0 Å². The zero-order chi connectivity index (χ0) is 14.5. The Morgan fingerprint density at radius 2 is 2.10 bits per heavy atom. The summed E-state index contributed by atoms with van der Waals surface area (Å²) in [7, 11) is 0. The van der Waals surface area contributed by atoms with Crippen LogP contribution in [-0.2, 0) is 13.0 Å². The van der Waals surface area contributed by atoms with Crippen LogP contribution in [0.3, 0.4) is 0 Å². The first kappa shape index (κ1) is 15.4. The molecule has 2 rings (SSSR count). The summed E-state index contributed by atoms with van der Waals surface area (Å²) >= 11 is 12.3. The second kappa shape index (κ2) is 7.11. The lowest BCUT2D eigenvalue weighted by Crippen LogP contribution is -2.23. The Bertz CT molecular complexity index is 566. The van der Waals surface area contributed by atoms with Gasteiger partial charge >= 0.3 is 0 Å². The van der Waals surface area contributed by atoms with Crippen molar-refractivity contribution in [1.29, 1.82) is 0 Å². The van der Waals surface area contributed by atoms with Crippen molar-refractivity contribution in [2.75, 3.05) is 6.54 Å². The molecule has 0 amide bonds. The number of benzene rings is 1. The Kier molecular flexibility index (Phi) is 5.46. The molecule has 5 heteroatoms. The van der Waals surface area contributed by atoms with Gasteiger partial charge in [0.15, 0.2) is 0 Å². The standard InChI is InChI=1S/C15H19Cl2N3/c1-3-18-15(7-11-9-19-20(4-2)10-11)13-6-5-12(16)8-14(13)17/h5-6,8-10,15,18H,3-4,7H2,1-2H3. The van der Waals surface area contributed by atoms with Crippen LogP contribution in [0, 0.1) is 0 Å². The van der Waals surface area contributed by atoms with E-state index in [0.29, 0.717) is 10.0 Å². The lowest BCUT2D eigenvalue weighted by Gasteiger charge is -2.19. The van der Waals surface area contributed by atoms with Gasteiger partial charge in [0.1, 0.15) is 0 Å². The number of aryl methyl sites for hydroxylation is 1. The van der Waals surface area contributed by atoms with Gasteiger partial charge in [-0.2, -0.15) is 5.10 Å². The zero-order valence-electron chi connectivity index (χ0n) is 11.7. The lowest BCUT2D eigenvalue weighted by molar-refractivity contribution is 0.549. The van der Waals surface area contributed by atoms with Crippen molar-refractivity contribution in [1.82, 2.24) is 15.1 Å². The molecule has 20 heavy (non-hydrogen) atoms. The highest BCUT2D eigenvalue weighted by Gasteiger charge is 2.15. The highest BCUT2D eigenvalue weighted by molar-refractivity contribution is 6.35. The number of nitrogens with zero attached hydrogens (tertiary/aromatic N) is 2. The molecule has 1 N–H and O–H groups in total. The Morgan fingerprint density at radius 3 is 2.70 bits per heavy atom. The molecule has 108 valence electrons. The number of hydrogen-bond donors (Lipinski definition) is 1. The number of nitrogens with one attached hydrogen (secondary N) is 1. The van der Waals surface area contributed by atoms with E-state index in [1.165, 1.54) is 5.56 Å². The third-order valence-corrected chi connectivity index (χ3v) is 3.80. The maximum atomic E-state index is 6.31. The van der Waals surface area contributed by atoms with Gasteiger partial charge in [0.05, 0.1) is 6.20 Å². The fraction of sp³-hybridized carbons (Fsp3) is 0.400. The summed E-state index contributed by atoms with van der Waals surface area (Å²) < 4.78 is 1.93. The Labute approximate surface area is 129 Å². The first-order chi connectivity index (χ1) is 9.63. The quantitative estimate of drug-likeness (QED) is 0.870. The third-order valence-electron chi connectivity index (χ3n) is 3.24. The van der Waals surface area contributed by atoms with E-state index >= 15 is 0 Å². The van der Waals surface area contributed by atoms with Gasteiger partial charge in [-0.1, -0.05) is 36.2 Å². The highest BCUT2D eigenvalue weighted by atomic mass is 35.5. The van der Waals surface area contributed by atoms with Gasteiger partial charge in [-0.15, -0.1) is 0 Å². The number of halogens is 2. The van der Waals surface area contributed by atoms with E-state index in [1.807, 2.05) is 23.0 Å². The van der Waals surface area contributed by atoms with Gasteiger partial charge in [-0.3, -0.25) is 4.68 Å². The van der Waals surface area contributed by atoms with E-state index in [1.54, 1.807) is 6.07 Å². The number of rotatable bonds is 6. The van der Waals surface area contributed by atoms with Gasteiger partial charge in [-0.05, 0) is 43.1 Å². The molecule has 0 aliphatic rings. The van der Waals surface area contributed by atoms with Crippen molar-refractivity contribution < 1.29 is 0 Å². The molecule has 0 aliphatic heterocycles. The molecule has 0 fully saturated rings. The Hall–Kier alpha value is -1.03. The second-order valence-electron chi connectivity index (χ2n) is 4.68. The largest absolute Gasteiger partial charge is 0.310 e. The van der Waals surface area contributed by atoms with Crippen molar-refractivity contribution in [3.8, 4) is 0 Å². The first-order valence-corrected chi connectivity index (χ1v) is 7.59. The fourth-order valence-corrected chi connectivity index (χ4v) is 2.78. The summed E-state index contributed by atoms with van der Waals surface area (Å²) in [5, 5.41) is 9.14. The second-order valence-corrected chi connectivity index (χ2v) is 5.53. The van der Waals surface area contributed by atoms with Crippen LogP contribution in [-0.4, -0.2) is 16.3 Å². The molecule has 0 bridgehead atoms. The average Bonchev–Trinajstić information content (AvgIpc) is 2.86. The van der Waals surface area contributed by atoms with Crippen molar-refractivity contribution >= 4 is 23.2 Å². The predicted molar refractivity (Wildman–Crippen MR) is 84.5 cm³/mol. The normalized spacial score (nSPS) is 12.6. The molecule has 0 saturated carbocycles. The van der Waals surface area contributed by atoms with Crippen LogP contribution in [0.5, 0.6) is 0 Å². The molecular formula is C15H19Cl2N3. The summed E-state index contributed by atoms with van der Waals surface area (Å²) in [4.78, 5) is 0. The molecule has 1 aromatic heterocycles. The van der Waals surface area contributed by atoms with Crippen LogP contribution < -0.4 is 5.32 Å². The van der Waals surface area contributed by atoms with Gasteiger partial charge in [0.25, 0.3) is 0 Å². The zero-order valence-corrected chi connectivity index (χ0v) is 13.2. The molecule has 2 aromatic rings. The molecule has 1 aromatic carbocycles. The van der Waals surface area contributed by atoms with Crippen molar-refractivity contribution in [2.24, 2.45) is 0 Å². The summed E-state index contributed by atoms with van der Waals surface area (Å²) in [6.45, 7) is 5.93. The lowest BCUT2D eigenvalue weighted by atomic mass is 10.0. The summed E-state index contributed by atoms with van der Waals surface area (Å²) in [6, 6.07) is 5.82. The average molecular weight is 312 g/mol. The van der Waals surface area contributed by atoms with Gasteiger partial charge in [0, 0.05) is 28.8 Å². The minimum absolute atomic E-state index is 0.166. The van der Waals surface area contributed by atoms with E-state index < -0.39 is 0 Å². The van der Waals surface area contributed by atoms with E-state index in [4.69, 9.17) is 23.2 Å². The van der Waals surface area contributed by atoms with E-state index in [2.05, 4.69) is 30.5 Å². The van der Waals surface area contributed by atoms with Crippen LogP contribution in [0.1, 0.15) is 31.0 Å². The monoisotopic (exact) mass is 311 g/mol. The number of likely N-dealkylation sites (N-methyl/N-ethyl adjacent to an activating group) is 1. The van der Waals surface area contributed by atoms with Crippen LogP contribution in [0.15, 0.2) is 30.6 Å². The molecule has 1 atom stereocenters. The van der Waals surface area contributed by atoms with Gasteiger partial charge in [0.2, 0.25) is 0 Å². The smallest absolute Gasteiger partial charge is 0.0522 e. The molecule has 1 heterocycles. The maximum absolute atomic E-state index is 6.31. The van der Waals surface area contributed by atoms with Crippen LogP contribution >= 0.6 is 23.2 Å². The molecule has 0 spiro atoms. The highest BCUT2D eigenvalue weighted by Crippen LogP contribution is 2.28. The van der Waals surface area contributed by atoms with Crippen LogP contribution in [0.4, 0.5) is 0 Å². The number of hydrogen-bond acceptors (Lipinski definition) is 2. The van der Waals surface area contributed by atoms with Crippen LogP contribution in [0.25, 0.3) is 0 Å². The van der Waals surface area contributed by atoms with Crippen molar-refractivity contribution in [3.05, 3.63) is 51.8 Å². The van der Waals surface area contributed by atoms with Gasteiger partial charge < -0.3 is 5.32 Å². The predicted octanol–water partition coefficient (Wildman–Crippen LogP) is 4.10. The molecule has 0 aliphatic carbocycles. The summed E-state index contributed by atoms with van der Waals surface area (Å²) in [5.41, 5.74) is 2.27. The minimum Gasteiger partial charge on any atom is -0.310 e. The summed E-state index contributed by atoms with van der Waals surface area (Å²) in [6.07, 6.45) is 4.85. The molecular weight excluding hydrogens is 293 g/mol. The topological polar surface area (TPSA) is 29.9 Å². The molecule has 3 nitrogen and oxygen atoms in total. The first-order valence-electron chi connectivity index (χ1n) is 6.83. The fourth-order valence-electron chi connectivity index (χ4n) is 2.24. The minimum atomic E-state index is 0.166. The number of aromatic nitrogens is 2. The van der Waals surface area contributed by atoms with E-state index in [-0.39, 0.29) is 6.04 Å². The van der Waals surface area contributed by atoms with Crippen molar-refractivity contribution in [3.63, 3.8) is 0 Å². The van der Waals surface area contributed by atoms with Gasteiger partial charge in [-0.25, -0.2) is 0 Å². The summed E-state index contributed by atoms with van der Waals surface area (Å²) in [5.74, 6) is 0.